The molecule has 1 aliphatic heterocycles. The number of ether oxygens (including phenoxy) is 5. The van der Waals surface area contributed by atoms with E-state index in [0.717, 1.165) is 29.5 Å². The quantitative estimate of drug-likeness (QED) is 0.232. The van der Waals surface area contributed by atoms with E-state index >= 15 is 0 Å². The molecule has 3 aromatic rings. The smallest absolute Gasteiger partial charge is 0.254 e. The minimum atomic E-state index is -0.165. The van der Waals surface area contributed by atoms with E-state index in [1.54, 1.807) is 28.0 Å². The molecule has 0 bridgehead atoms. The van der Waals surface area contributed by atoms with Crippen molar-refractivity contribution >= 4 is 17.4 Å². The summed E-state index contributed by atoms with van der Waals surface area (Å²) in [6.45, 7) is 6.88. The first kappa shape index (κ1) is 32.3. The molecule has 0 aliphatic carbocycles. The lowest BCUT2D eigenvalue weighted by Crippen LogP contribution is -2.50. The highest BCUT2D eigenvalue weighted by Gasteiger charge is 2.27. The number of piperazine rings is 1. The molecule has 1 heterocycles. The number of nitrogens with zero attached hydrogens (tertiary/aromatic N) is 2. The van der Waals surface area contributed by atoms with Gasteiger partial charge in [0.05, 0.1) is 34.5 Å². The Hall–Kier alpha value is -4.66. The van der Waals surface area contributed by atoms with Crippen molar-refractivity contribution in [2.45, 2.75) is 26.7 Å². The summed E-state index contributed by atoms with van der Waals surface area (Å²) in [6, 6.07) is 18.9. The standard InChI is InChI=1S/C35H42N2O7/c1-6-19-43-29-14-13-26(21-30(29)44-20-7-2)28(25-11-9-8-10-12-25)24-33(38)36-15-17-37(18-16-36)35(39)27-22-31(40-3)34(42-5)32(23-27)41-4/h8-14,21-24H,6-7,15-20H2,1-5H3. The van der Waals surface area contributed by atoms with Gasteiger partial charge in [-0.3, -0.25) is 9.59 Å². The maximum absolute atomic E-state index is 13.6. The van der Waals surface area contributed by atoms with Gasteiger partial charge < -0.3 is 33.5 Å². The molecule has 234 valence electrons. The van der Waals surface area contributed by atoms with Crippen molar-refractivity contribution in [3.8, 4) is 28.7 Å². The largest absolute Gasteiger partial charge is 0.493 e. The van der Waals surface area contributed by atoms with E-state index in [0.29, 0.717) is 73.7 Å². The fourth-order valence-corrected chi connectivity index (χ4v) is 5.01. The summed E-state index contributed by atoms with van der Waals surface area (Å²) in [4.78, 5) is 30.6. The van der Waals surface area contributed by atoms with Crippen LogP contribution in [0.2, 0.25) is 0 Å². The van der Waals surface area contributed by atoms with Crippen LogP contribution >= 0.6 is 0 Å². The molecule has 1 fully saturated rings. The Morgan fingerprint density at radius 3 is 1.80 bits per heavy atom. The maximum atomic E-state index is 13.6. The fourth-order valence-electron chi connectivity index (χ4n) is 5.01. The van der Waals surface area contributed by atoms with Gasteiger partial charge in [0.15, 0.2) is 23.0 Å². The molecular weight excluding hydrogens is 560 g/mol. The van der Waals surface area contributed by atoms with E-state index < -0.39 is 0 Å². The summed E-state index contributed by atoms with van der Waals surface area (Å²) in [5.41, 5.74) is 2.99. The van der Waals surface area contributed by atoms with Gasteiger partial charge in [-0.15, -0.1) is 0 Å². The fraction of sp³-hybridized carbons (Fsp3) is 0.371. The lowest BCUT2D eigenvalue weighted by Gasteiger charge is -2.34. The van der Waals surface area contributed by atoms with Gasteiger partial charge in [-0.25, -0.2) is 0 Å². The summed E-state index contributed by atoms with van der Waals surface area (Å²) in [7, 11) is 4.55. The molecule has 44 heavy (non-hydrogen) atoms. The zero-order chi connectivity index (χ0) is 31.5. The second-order valence-corrected chi connectivity index (χ2v) is 10.3. The van der Waals surface area contributed by atoms with Crippen molar-refractivity contribution < 1.29 is 33.3 Å². The topological polar surface area (TPSA) is 86.8 Å². The first-order chi connectivity index (χ1) is 21.4. The number of hydrogen-bond acceptors (Lipinski definition) is 7. The van der Waals surface area contributed by atoms with Crippen LogP contribution in [0.5, 0.6) is 28.7 Å². The molecular formula is C35H42N2O7. The van der Waals surface area contributed by atoms with Crippen LogP contribution in [-0.4, -0.2) is 82.3 Å². The van der Waals surface area contributed by atoms with Crippen molar-refractivity contribution in [3.63, 3.8) is 0 Å². The van der Waals surface area contributed by atoms with Gasteiger partial charge in [-0.1, -0.05) is 50.2 Å². The second-order valence-electron chi connectivity index (χ2n) is 10.3. The molecule has 9 nitrogen and oxygen atoms in total. The average molecular weight is 603 g/mol. The Kier molecular flexibility index (Phi) is 11.5. The van der Waals surface area contributed by atoms with Crippen LogP contribution in [-0.2, 0) is 4.79 Å². The lowest BCUT2D eigenvalue weighted by molar-refractivity contribution is -0.127. The Bertz CT molecular complexity index is 1420. The number of benzene rings is 3. The van der Waals surface area contributed by atoms with E-state index in [4.69, 9.17) is 23.7 Å². The van der Waals surface area contributed by atoms with Crippen molar-refractivity contribution in [2.24, 2.45) is 0 Å². The van der Waals surface area contributed by atoms with E-state index in [1.807, 2.05) is 48.5 Å². The number of hydrogen-bond donors (Lipinski definition) is 0. The third kappa shape index (κ3) is 7.64. The van der Waals surface area contributed by atoms with E-state index in [2.05, 4.69) is 13.8 Å². The van der Waals surface area contributed by atoms with Crippen molar-refractivity contribution in [2.75, 3.05) is 60.7 Å². The second kappa shape index (κ2) is 15.7. The van der Waals surface area contributed by atoms with E-state index in [1.165, 1.54) is 21.3 Å². The Balaban J connectivity index is 1.55. The predicted octanol–water partition coefficient (Wildman–Crippen LogP) is 5.71. The number of carbonyl (C=O) groups excluding carboxylic acids is 2. The van der Waals surface area contributed by atoms with Crippen LogP contribution in [0.3, 0.4) is 0 Å². The van der Waals surface area contributed by atoms with Crippen molar-refractivity contribution in [1.82, 2.24) is 9.80 Å². The Labute approximate surface area is 259 Å². The number of methoxy groups -OCH3 is 3. The molecule has 3 aromatic carbocycles. The van der Waals surface area contributed by atoms with Gasteiger partial charge in [-0.2, -0.15) is 0 Å². The van der Waals surface area contributed by atoms with Gasteiger partial charge in [0.2, 0.25) is 11.7 Å². The highest BCUT2D eigenvalue weighted by Crippen LogP contribution is 2.38. The zero-order valence-electron chi connectivity index (χ0n) is 26.3. The third-order valence-corrected chi connectivity index (χ3v) is 7.32. The van der Waals surface area contributed by atoms with Crippen LogP contribution in [0.15, 0.2) is 66.7 Å². The summed E-state index contributed by atoms with van der Waals surface area (Å²) in [5.74, 6) is 2.32. The van der Waals surface area contributed by atoms with Crippen molar-refractivity contribution in [1.29, 1.82) is 0 Å². The van der Waals surface area contributed by atoms with Crippen LogP contribution in [0.25, 0.3) is 5.57 Å². The molecule has 0 saturated carbocycles. The SMILES string of the molecule is CCCOc1ccc(C(=CC(=O)N2CCN(C(=O)c3cc(OC)c(OC)c(OC)c3)CC2)c2ccccc2)cc1OCCC. The summed E-state index contributed by atoms with van der Waals surface area (Å²) < 4.78 is 28.2. The van der Waals surface area contributed by atoms with Crippen LogP contribution in [0, 0.1) is 0 Å². The molecule has 9 heteroatoms. The summed E-state index contributed by atoms with van der Waals surface area (Å²) >= 11 is 0. The van der Waals surface area contributed by atoms with Gasteiger partial charge in [0.1, 0.15) is 0 Å². The molecule has 0 radical (unpaired) electrons. The summed E-state index contributed by atoms with van der Waals surface area (Å²) in [6.07, 6.45) is 3.43. The van der Waals surface area contributed by atoms with Gasteiger partial charge in [0.25, 0.3) is 5.91 Å². The number of carbonyl (C=O) groups is 2. The number of rotatable bonds is 13. The zero-order valence-corrected chi connectivity index (χ0v) is 26.3. The molecule has 0 unspecified atom stereocenters. The Morgan fingerprint density at radius 2 is 1.23 bits per heavy atom. The third-order valence-electron chi connectivity index (χ3n) is 7.32. The molecule has 0 N–H and O–H groups in total. The normalized spacial score (nSPS) is 13.3. The monoisotopic (exact) mass is 602 g/mol. The molecule has 0 aromatic heterocycles. The molecule has 0 atom stereocenters. The molecule has 2 amide bonds. The highest BCUT2D eigenvalue weighted by atomic mass is 16.5. The van der Waals surface area contributed by atoms with E-state index in [9.17, 15) is 9.59 Å². The van der Waals surface area contributed by atoms with Crippen molar-refractivity contribution in [3.05, 3.63) is 83.4 Å². The van der Waals surface area contributed by atoms with E-state index in [-0.39, 0.29) is 11.8 Å². The Morgan fingerprint density at radius 1 is 0.659 bits per heavy atom. The first-order valence-corrected chi connectivity index (χ1v) is 15.0. The predicted molar refractivity (Wildman–Crippen MR) is 170 cm³/mol. The van der Waals surface area contributed by atoms with Gasteiger partial charge in [0, 0.05) is 37.8 Å². The van der Waals surface area contributed by atoms with Gasteiger partial charge >= 0.3 is 0 Å². The minimum absolute atomic E-state index is 0.119. The van der Waals surface area contributed by atoms with Gasteiger partial charge in [-0.05, 0) is 53.8 Å². The van der Waals surface area contributed by atoms with Crippen LogP contribution < -0.4 is 23.7 Å². The first-order valence-electron chi connectivity index (χ1n) is 15.0. The van der Waals surface area contributed by atoms with Crippen LogP contribution in [0.4, 0.5) is 0 Å². The average Bonchev–Trinajstić information content (AvgIpc) is 3.08. The molecule has 1 aliphatic rings. The minimum Gasteiger partial charge on any atom is -0.493 e. The lowest BCUT2D eigenvalue weighted by atomic mass is 9.96. The van der Waals surface area contributed by atoms with Crippen LogP contribution in [0.1, 0.15) is 48.2 Å². The summed E-state index contributed by atoms with van der Waals surface area (Å²) in [5, 5.41) is 0. The highest BCUT2D eigenvalue weighted by molar-refractivity contribution is 6.00. The number of amides is 2. The molecule has 0 spiro atoms. The molecule has 4 rings (SSSR count). The maximum Gasteiger partial charge on any atom is 0.254 e. The molecule has 1 saturated heterocycles.